The molecular weight excluding hydrogens is 195 g/mol. The Hall–Kier alpha value is -2.15. The van der Waals surface area contributed by atoms with E-state index in [1.54, 1.807) is 19.1 Å². The molecule has 0 atom stereocenters. The molecule has 1 aromatic heterocycles. The van der Waals surface area contributed by atoms with Gasteiger partial charge in [-0.25, -0.2) is 4.39 Å². The molecule has 4 heteroatoms. The molecule has 0 saturated heterocycles. The third-order valence-corrected chi connectivity index (χ3v) is 2.07. The second-order valence-corrected chi connectivity index (χ2v) is 3.15. The van der Waals surface area contributed by atoms with Gasteiger partial charge < -0.3 is 4.52 Å². The second-order valence-electron chi connectivity index (χ2n) is 3.15. The first-order valence-electron chi connectivity index (χ1n) is 4.34. The first kappa shape index (κ1) is 9.41. The Balaban J connectivity index is 2.46. The standard InChI is InChI=1S/C11H7FN2O/c1-7-4-8(2-3-10(7)12)11-5-9(6-13)14-15-11/h2-5H,1H3. The highest BCUT2D eigenvalue weighted by molar-refractivity contribution is 5.59. The minimum absolute atomic E-state index is 0.215. The lowest BCUT2D eigenvalue weighted by atomic mass is 10.1. The normalized spacial score (nSPS) is 9.93. The number of nitriles is 1. The molecule has 0 spiro atoms. The highest BCUT2D eigenvalue weighted by Crippen LogP contribution is 2.22. The Labute approximate surface area is 85.7 Å². The average Bonchev–Trinajstić information content (AvgIpc) is 2.70. The minimum atomic E-state index is -0.265. The summed E-state index contributed by atoms with van der Waals surface area (Å²) in [5, 5.41) is 12.1. The molecule has 2 rings (SSSR count). The first-order valence-corrected chi connectivity index (χ1v) is 4.34. The van der Waals surface area contributed by atoms with Crippen molar-refractivity contribution in [2.24, 2.45) is 0 Å². The van der Waals surface area contributed by atoms with E-state index in [-0.39, 0.29) is 11.5 Å². The van der Waals surface area contributed by atoms with Crippen LogP contribution < -0.4 is 0 Å². The van der Waals surface area contributed by atoms with Crippen LogP contribution in [0.15, 0.2) is 28.8 Å². The van der Waals surface area contributed by atoms with E-state index >= 15 is 0 Å². The van der Waals surface area contributed by atoms with E-state index in [1.807, 2.05) is 6.07 Å². The maximum atomic E-state index is 13.0. The highest BCUT2D eigenvalue weighted by Gasteiger charge is 2.07. The molecule has 0 aliphatic heterocycles. The summed E-state index contributed by atoms with van der Waals surface area (Å²) in [4.78, 5) is 0. The lowest BCUT2D eigenvalue weighted by Crippen LogP contribution is -1.82. The zero-order chi connectivity index (χ0) is 10.8. The molecule has 0 fully saturated rings. The van der Waals surface area contributed by atoms with Crippen LogP contribution in [-0.4, -0.2) is 5.16 Å². The monoisotopic (exact) mass is 202 g/mol. The molecule has 0 bridgehead atoms. The van der Waals surface area contributed by atoms with E-state index in [0.29, 0.717) is 16.9 Å². The zero-order valence-corrected chi connectivity index (χ0v) is 7.99. The van der Waals surface area contributed by atoms with Gasteiger partial charge in [-0.3, -0.25) is 0 Å². The number of halogens is 1. The van der Waals surface area contributed by atoms with Gasteiger partial charge in [-0.05, 0) is 30.7 Å². The van der Waals surface area contributed by atoms with Gasteiger partial charge in [0.1, 0.15) is 11.9 Å². The summed E-state index contributed by atoms with van der Waals surface area (Å²) in [6, 6.07) is 7.98. The molecule has 0 unspecified atom stereocenters. The van der Waals surface area contributed by atoms with E-state index < -0.39 is 0 Å². The van der Waals surface area contributed by atoms with Crippen molar-refractivity contribution in [3.63, 3.8) is 0 Å². The Morgan fingerprint density at radius 2 is 2.20 bits per heavy atom. The maximum Gasteiger partial charge on any atom is 0.184 e. The van der Waals surface area contributed by atoms with Gasteiger partial charge in [0, 0.05) is 11.6 Å². The topological polar surface area (TPSA) is 49.8 Å². The number of aryl methyl sites for hydroxylation is 1. The van der Waals surface area contributed by atoms with Crippen molar-refractivity contribution in [2.45, 2.75) is 6.92 Å². The molecule has 0 aliphatic rings. The Morgan fingerprint density at radius 3 is 2.80 bits per heavy atom. The van der Waals surface area contributed by atoms with Crippen molar-refractivity contribution < 1.29 is 8.91 Å². The van der Waals surface area contributed by atoms with Crippen molar-refractivity contribution >= 4 is 0 Å². The number of hydrogen-bond donors (Lipinski definition) is 0. The maximum absolute atomic E-state index is 13.0. The van der Waals surface area contributed by atoms with Crippen LogP contribution >= 0.6 is 0 Å². The molecule has 3 nitrogen and oxygen atoms in total. The molecule has 0 radical (unpaired) electrons. The van der Waals surface area contributed by atoms with Gasteiger partial charge in [0.05, 0.1) is 0 Å². The van der Waals surface area contributed by atoms with Crippen molar-refractivity contribution in [1.29, 1.82) is 5.26 Å². The number of aromatic nitrogens is 1. The van der Waals surface area contributed by atoms with E-state index in [4.69, 9.17) is 9.78 Å². The molecule has 1 aromatic carbocycles. The highest BCUT2D eigenvalue weighted by atomic mass is 19.1. The van der Waals surface area contributed by atoms with Gasteiger partial charge in [0.25, 0.3) is 0 Å². The largest absolute Gasteiger partial charge is 0.355 e. The summed E-state index contributed by atoms with van der Waals surface area (Å²) in [5.41, 5.74) is 1.46. The number of hydrogen-bond acceptors (Lipinski definition) is 3. The van der Waals surface area contributed by atoms with Gasteiger partial charge in [0.2, 0.25) is 0 Å². The van der Waals surface area contributed by atoms with Gasteiger partial charge in [0.15, 0.2) is 11.5 Å². The summed E-state index contributed by atoms with van der Waals surface area (Å²) in [6.07, 6.45) is 0. The lowest BCUT2D eigenvalue weighted by Gasteiger charge is -1.98. The molecule has 0 N–H and O–H groups in total. The van der Waals surface area contributed by atoms with Crippen LogP contribution in [0.4, 0.5) is 4.39 Å². The lowest BCUT2D eigenvalue weighted by molar-refractivity contribution is 0.430. The van der Waals surface area contributed by atoms with E-state index in [2.05, 4.69) is 5.16 Å². The first-order chi connectivity index (χ1) is 7.20. The Morgan fingerprint density at radius 1 is 1.40 bits per heavy atom. The van der Waals surface area contributed by atoms with Crippen LogP contribution in [0.25, 0.3) is 11.3 Å². The van der Waals surface area contributed by atoms with Crippen molar-refractivity contribution in [3.8, 4) is 17.4 Å². The van der Waals surface area contributed by atoms with Crippen molar-refractivity contribution in [3.05, 3.63) is 41.3 Å². The summed E-state index contributed by atoms with van der Waals surface area (Å²) in [7, 11) is 0. The van der Waals surface area contributed by atoms with Gasteiger partial charge in [-0.15, -0.1) is 0 Å². The van der Waals surface area contributed by atoms with E-state index in [1.165, 1.54) is 12.1 Å². The summed E-state index contributed by atoms with van der Waals surface area (Å²) in [6.45, 7) is 1.67. The molecule has 0 amide bonds. The molecule has 74 valence electrons. The SMILES string of the molecule is Cc1cc(-c2cc(C#N)no2)ccc1F. The number of benzene rings is 1. The fourth-order valence-electron chi connectivity index (χ4n) is 1.26. The van der Waals surface area contributed by atoms with E-state index in [9.17, 15) is 4.39 Å². The summed E-state index contributed by atoms with van der Waals surface area (Å²) >= 11 is 0. The molecular formula is C11H7FN2O. The Bertz CT molecular complexity index is 540. The van der Waals surface area contributed by atoms with Crippen LogP contribution in [-0.2, 0) is 0 Å². The van der Waals surface area contributed by atoms with E-state index in [0.717, 1.165) is 0 Å². The molecule has 2 aromatic rings. The van der Waals surface area contributed by atoms with Crippen molar-refractivity contribution in [2.75, 3.05) is 0 Å². The van der Waals surface area contributed by atoms with Crippen molar-refractivity contribution in [1.82, 2.24) is 5.16 Å². The van der Waals surface area contributed by atoms with Gasteiger partial charge >= 0.3 is 0 Å². The second kappa shape index (κ2) is 3.54. The van der Waals surface area contributed by atoms with Crippen LogP contribution in [0.2, 0.25) is 0 Å². The quantitative estimate of drug-likeness (QED) is 0.714. The molecule has 15 heavy (non-hydrogen) atoms. The van der Waals surface area contributed by atoms with Crippen LogP contribution in [0.5, 0.6) is 0 Å². The number of rotatable bonds is 1. The predicted molar refractivity (Wildman–Crippen MR) is 51.3 cm³/mol. The molecule has 0 aliphatic carbocycles. The molecule has 1 heterocycles. The molecule has 0 saturated carbocycles. The number of nitrogens with zero attached hydrogens (tertiary/aromatic N) is 2. The average molecular weight is 202 g/mol. The van der Waals surface area contributed by atoms with Crippen LogP contribution in [0.1, 0.15) is 11.3 Å². The summed E-state index contributed by atoms with van der Waals surface area (Å²) in [5.74, 6) is 0.202. The third kappa shape index (κ3) is 1.72. The van der Waals surface area contributed by atoms with Crippen LogP contribution in [0, 0.1) is 24.1 Å². The zero-order valence-electron chi connectivity index (χ0n) is 7.99. The van der Waals surface area contributed by atoms with Gasteiger partial charge in [-0.1, -0.05) is 5.16 Å². The fraction of sp³-hybridized carbons (Fsp3) is 0.0909. The Kier molecular flexibility index (Phi) is 2.22. The third-order valence-electron chi connectivity index (χ3n) is 2.07. The predicted octanol–water partition coefficient (Wildman–Crippen LogP) is 2.66. The summed E-state index contributed by atoms with van der Waals surface area (Å²) < 4.78 is 17.9. The fourth-order valence-corrected chi connectivity index (χ4v) is 1.26. The smallest absolute Gasteiger partial charge is 0.184 e. The van der Waals surface area contributed by atoms with Crippen LogP contribution in [0.3, 0.4) is 0 Å². The minimum Gasteiger partial charge on any atom is -0.355 e. The van der Waals surface area contributed by atoms with Gasteiger partial charge in [-0.2, -0.15) is 5.26 Å².